The van der Waals surface area contributed by atoms with Crippen LogP contribution in [0, 0.1) is 0 Å². The van der Waals surface area contributed by atoms with Crippen LogP contribution in [0.25, 0.3) is 10.2 Å². The van der Waals surface area contributed by atoms with E-state index in [9.17, 15) is 4.79 Å². The van der Waals surface area contributed by atoms with Gasteiger partial charge in [-0.25, -0.2) is 4.98 Å². The van der Waals surface area contributed by atoms with Crippen molar-refractivity contribution in [2.45, 2.75) is 0 Å². The summed E-state index contributed by atoms with van der Waals surface area (Å²) in [5.41, 5.74) is 7.30. The normalized spacial score (nSPS) is 10.0. The number of anilines is 2. The number of fused-ring (bicyclic) bond motifs is 1. The van der Waals surface area contributed by atoms with Crippen molar-refractivity contribution in [1.29, 1.82) is 0 Å². The summed E-state index contributed by atoms with van der Waals surface area (Å²) in [5.74, 6) is -0.484. The predicted molar refractivity (Wildman–Crippen MR) is 96.5 cm³/mol. The van der Waals surface area contributed by atoms with Crippen molar-refractivity contribution >= 4 is 38.3 Å². The van der Waals surface area contributed by atoms with Crippen LogP contribution in [0.2, 0.25) is 0 Å². The lowest BCUT2D eigenvalue weighted by Crippen LogP contribution is -2.10. The first-order valence-electron chi connectivity index (χ1n) is 7.19. The zero-order valence-corrected chi connectivity index (χ0v) is 13.5. The third kappa shape index (κ3) is 3.96. The third-order valence-corrected chi connectivity index (χ3v) is 4.04. The van der Waals surface area contributed by atoms with Gasteiger partial charge < -0.3 is 11.1 Å². The molecule has 6 nitrogen and oxygen atoms in total. The number of aromatic amines is 1. The lowest BCUT2D eigenvalue weighted by molar-refractivity contribution is 0.0995. The minimum Gasteiger partial charge on any atom is -0.364 e. The molecule has 2 aromatic heterocycles. The predicted octanol–water partition coefficient (Wildman–Crippen LogP) is 3.55. The molecule has 0 saturated heterocycles. The number of nitrogens with zero attached hydrogens (tertiary/aromatic N) is 2. The maximum Gasteiger partial charge on any atom is 0.266 e. The number of hydrogen-bond donors (Lipinski definition) is 3. The number of carbonyl (C=O) groups is 1. The van der Waals surface area contributed by atoms with Crippen LogP contribution in [-0.2, 0) is 0 Å². The van der Waals surface area contributed by atoms with Gasteiger partial charge in [-0.1, -0.05) is 41.7 Å². The molecule has 0 bridgehead atoms. The molecule has 0 atom stereocenters. The number of hydrogen-bond acceptors (Lipinski definition) is 5. The van der Waals surface area contributed by atoms with E-state index >= 15 is 0 Å². The van der Waals surface area contributed by atoms with Crippen molar-refractivity contribution in [3.05, 3.63) is 72.6 Å². The average molecular weight is 337 g/mol. The quantitative estimate of drug-likeness (QED) is 0.532. The molecular weight excluding hydrogens is 322 g/mol. The molecule has 0 aliphatic carbocycles. The second-order valence-electron chi connectivity index (χ2n) is 4.81. The van der Waals surface area contributed by atoms with E-state index in [1.807, 2.05) is 48.5 Å². The van der Waals surface area contributed by atoms with Crippen molar-refractivity contribution in [1.82, 2.24) is 15.2 Å². The fourth-order valence-corrected chi connectivity index (χ4v) is 2.85. The number of carbonyl (C=O) groups excluding carboxylic acids is 1. The smallest absolute Gasteiger partial charge is 0.266 e. The van der Waals surface area contributed by atoms with Gasteiger partial charge in [0.2, 0.25) is 0 Å². The van der Waals surface area contributed by atoms with E-state index in [0.717, 1.165) is 16.3 Å². The average Bonchev–Trinajstić information content (AvgIpc) is 3.25. The number of nitrogens with one attached hydrogen (secondary N) is 2. The molecule has 0 aliphatic heterocycles. The summed E-state index contributed by atoms with van der Waals surface area (Å²) >= 11 is 1.67. The molecule has 0 spiro atoms. The molecule has 0 saturated carbocycles. The maximum atomic E-state index is 10.2. The molecule has 120 valence electrons. The summed E-state index contributed by atoms with van der Waals surface area (Å²) in [5, 5.41) is 10.2. The molecule has 2 heterocycles. The highest BCUT2D eigenvalue weighted by molar-refractivity contribution is 7.22. The van der Waals surface area contributed by atoms with Gasteiger partial charge >= 0.3 is 0 Å². The van der Waals surface area contributed by atoms with Crippen LogP contribution >= 0.6 is 11.3 Å². The second-order valence-corrected chi connectivity index (χ2v) is 5.84. The second kappa shape index (κ2) is 7.38. The lowest BCUT2D eigenvalue weighted by Gasteiger charge is -1.99. The van der Waals surface area contributed by atoms with E-state index < -0.39 is 5.91 Å². The van der Waals surface area contributed by atoms with Crippen LogP contribution < -0.4 is 11.1 Å². The van der Waals surface area contributed by atoms with Crippen molar-refractivity contribution in [2.75, 3.05) is 5.32 Å². The first kappa shape index (κ1) is 15.7. The van der Waals surface area contributed by atoms with Crippen molar-refractivity contribution in [3.63, 3.8) is 0 Å². The van der Waals surface area contributed by atoms with Gasteiger partial charge in [-0.15, -0.1) is 0 Å². The summed E-state index contributed by atoms with van der Waals surface area (Å²) in [6.45, 7) is 0. The van der Waals surface area contributed by atoms with Gasteiger partial charge in [-0.2, -0.15) is 5.10 Å². The molecule has 0 aliphatic rings. The number of para-hydroxylation sites is 2. The van der Waals surface area contributed by atoms with Crippen LogP contribution in [-0.4, -0.2) is 21.1 Å². The highest BCUT2D eigenvalue weighted by Gasteiger charge is 2.02. The molecule has 4 aromatic rings. The summed E-state index contributed by atoms with van der Waals surface area (Å²) in [6, 6.07) is 19.8. The summed E-state index contributed by atoms with van der Waals surface area (Å²) in [7, 11) is 0. The summed E-state index contributed by atoms with van der Waals surface area (Å²) < 4.78 is 1.21. The van der Waals surface area contributed by atoms with E-state index in [4.69, 9.17) is 5.73 Å². The lowest BCUT2D eigenvalue weighted by atomic mass is 10.3. The maximum absolute atomic E-state index is 10.2. The molecule has 0 fully saturated rings. The van der Waals surface area contributed by atoms with Crippen molar-refractivity contribution < 1.29 is 4.79 Å². The van der Waals surface area contributed by atoms with E-state index in [-0.39, 0.29) is 0 Å². The van der Waals surface area contributed by atoms with Crippen molar-refractivity contribution in [2.24, 2.45) is 5.73 Å². The number of H-pyrrole nitrogens is 1. The highest BCUT2D eigenvalue weighted by atomic mass is 32.1. The number of thiazole rings is 1. The monoisotopic (exact) mass is 337 g/mol. The fourth-order valence-electron chi connectivity index (χ4n) is 1.96. The van der Waals surface area contributed by atoms with Gasteiger partial charge in [0.1, 0.15) is 5.69 Å². The molecular formula is C17H15N5OS. The van der Waals surface area contributed by atoms with Crippen LogP contribution in [0.3, 0.4) is 0 Å². The Hall–Kier alpha value is -3.19. The van der Waals surface area contributed by atoms with Crippen LogP contribution in [0.15, 0.2) is 66.9 Å². The Balaban J connectivity index is 0.000000179. The molecule has 2 aromatic carbocycles. The van der Waals surface area contributed by atoms with E-state index in [2.05, 4.69) is 26.6 Å². The van der Waals surface area contributed by atoms with Crippen LogP contribution in [0.4, 0.5) is 10.8 Å². The van der Waals surface area contributed by atoms with Gasteiger partial charge in [-0.3, -0.25) is 9.89 Å². The number of benzene rings is 2. The molecule has 0 unspecified atom stereocenters. The van der Waals surface area contributed by atoms with Crippen LogP contribution in [0.5, 0.6) is 0 Å². The Morgan fingerprint density at radius 3 is 2.42 bits per heavy atom. The largest absolute Gasteiger partial charge is 0.364 e. The number of aromatic nitrogens is 3. The molecule has 4 rings (SSSR count). The van der Waals surface area contributed by atoms with Crippen molar-refractivity contribution in [3.8, 4) is 0 Å². The topological polar surface area (TPSA) is 96.7 Å². The van der Waals surface area contributed by atoms with E-state index in [1.54, 1.807) is 11.3 Å². The Morgan fingerprint density at radius 1 is 1.04 bits per heavy atom. The minimum absolute atomic E-state index is 0.338. The molecule has 4 N–H and O–H groups in total. The molecule has 24 heavy (non-hydrogen) atoms. The van der Waals surface area contributed by atoms with Gasteiger partial charge in [0, 0.05) is 11.9 Å². The number of rotatable bonds is 3. The Morgan fingerprint density at radius 2 is 1.79 bits per heavy atom. The number of nitrogens with two attached hydrogens (primary N) is 1. The Bertz CT molecular complexity index is 885. The molecule has 0 radical (unpaired) electrons. The van der Waals surface area contributed by atoms with E-state index in [0.29, 0.717) is 5.69 Å². The zero-order valence-electron chi connectivity index (χ0n) is 12.6. The van der Waals surface area contributed by atoms with Gasteiger partial charge in [0.25, 0.3) is 5.91 Å². The first-order valence-corrected chi connectivity index (χ1v) is 8.01. The highest BCUT2D eigenvalue weighted by Crippen LogP contribution is 2.27. The first-order chi connectivity index (χ1) is 11.7. The SMILES string of the molecule is NC(=O)c1ccn[nH]1.c1ccc(Nc2nc3ccccc3s2)cc1. The minimum atomic E-state index is -0.484. The van der Waals surface area contributed by atoms with Gasteiger partial charge in [0.05, 0.1) is 10.2 Å². The van der Waals surface area contributed by atoms with E-state index in [1.165, 1.54) is 17.0 Å². The van der Waals surface area contributed by atoms with Crippen LogP contribution in [0.1, 0.15) is 10.5 Å². The van der Waals surface area contributed by atoms with Gasteiger partial charge in [0.15, 0.2) is 5.13 Å². The Labute approximate surface area is 142 Å². The number of primary amides is 1. The zero-order chi connectivity index (χ0) is 16.8. The van der Waals surface area contributed by atoms with Gasteiger partial charge in [-0.05, 0) is 30.3 Å². The standard InChI is InChI=1S/C13H10N2S.C4H5N3O/c1-2-6-10(7-3-1)14-13-15-11-8-4-5-9-12(11)16-13;5-4(8)3-1-2-6-7-3/h1-9H,(H,14,15);1-2H,(H2,5,8)(H,6,7). The molecule has 7 heteroatoms. The Kier molecular flexibility index (Phi) is 4.83. The molecule has 1 amide bonds. The number of amides is 1. The third-order valence-electron chi connectivity index (χ3n) is 3.09. The fraction of sp³-hybridized carbons (Fsp3) is 0. The summed E-state index contributed by atoms with van der Waals surface area (Å²) in [6.07, 6.45) is 1.47. The summed E-state index contributed by atoms with van der Waals surface area (Å²) in [4.78, 5) is 14.7.